The maximum atomic E-state index is 12.4. The highest BCUT2D eigenvalue weighted by Gasteiger charge is 2.23. The molecule has 0 unspecified atom stereocenters. The van der Waals surface area contributed by atoms with Gasteiger partial charge < -0.3 is 15.4 Å². The molecule has 0 aliphatic carbocycles. The van der Waals surface area contributed by atoms with Crippen molar-refractivity contribution in [3.8, 4) is 0 Å². The van der Waals surface area contributed by atoms with Crippen molar-refractivity contribution in [2.45, 2.75) is 0 Å². The first-order chi connectivity index (χ1) is 9.49. The largest absolute Gasteiger partial charge is 0.480 e. The van der Waals surface area contributed by atoms with Crippen molar-refractivity contribution in [1.29, 1.82) is 0 Å². The lowest BCUT2D eigenvalue weighted by atomic mass is 10.2. The second-order valence-electron chi connectivity index (χ2n) is 4.27. The minimum absolute atomic E-state index is 0.164. The van der Waals surface area contributed by atoms with E-state index in [4.69, 9.17) is 10.8 Å². The van der Waals surface area contributed by atoms with Crippen LogP contribution in [0.4, 0.5) is 11.4 Å². The maximum Gasteiger partial charge on any atom is 0.323 e. The van der Waals surface area contributed by atoms with E-state index in [2.05, 4.69) is 4.98 Å². The summed E-state index contributed by atoms with van der Waals surface area (Å²) < 4.78 is 1.61. The van der Waals surface area contributed by atoms with Gasteiger partial charge in [-0.1, -0.05) is 12.1 Å². The van der Waals surface area contributed by atoms with Crippen molar-refractivity contribution in [3.05, 3.63) is 42.5 Å². The molecule has 7 heteroatoms. The number of carbonyl (C=O) groups is 2. The van der Waals surface area contributed by atoms with Crippen molar-refractivity contribution in [1.82, 2.24) is 9.55 Å². The van der Waals surface area contributed by atoms with Crippen molar-refractivity contribution in [2.24, 2.45) is 7.05 Å². The Kier molecular flexibility index (Phi) is 3.69. The van der Waals surface area contributed by atoms with Crippen LogP contribution in [-0.2, 0) is 11.8 Å². The molecule has 0 radical (unpaired) electrons. The number of para-hydroxylation sites is 2. The summed E-state index contributed by atoms with van der Waals surface area (Å²) in [5.41, 5.74) is 6.65. The monoisotopic (exact) mass is 274 g/mol. The molecule has 0 saturated heterocycles. The minimum Gasteiger partial charge on any atom is -0.480 e. The lowest BCUT2D eigenvalue weighted by Gasteiger charge is -2.21. The van der Waals surface area contributed by atoms with Crippen LogP contribution in [0.5, 0.6) is 0 Å². The Morgan fingerprint density at radius 3 is 2.65 bits per heavy atom. The number of carboxylic acids is 1. The van der Waals surface area contributed by atoms with Gasteiger partial charge in [0.25, 0.3) is 5.91 Å². The molecule has 1 aromatic carbocycles. The van der Waals surface area contributed by atoms with Gasteiger partial charge in [-0.3, -0.25) is 14.5 Å². The predicted octanol–water partition coefficient (Wildman–Crippen LogP) is 0.734. The van der Waals surface area contributed by atoms with E-state index < -0.39 is 18.4 Å². The molecule has 0 fully saturated rings. The molecule has 0 spiro atoms. The van der Waals surface area contributed by atoms with Crippen LogP contribution in [0.2, 0.25) is 0 Å². The molecule has 0 aliphatic heterocycles. The number of aryl methyl sites for hydroxylation is 1. The van der Waals surface area contributed by atoms with E-state index in [0.717, 1.165) is 4.90 Å². The van der Waals surface area contributed by atoms with E-state index >= 15 is 0 Å². The SMILES string of the molecule is Cn1cnc(C(=O)N(CC(=O)O)c2ccccc2N)c1. The number of rotatable bonds is 4. The number of aromatic nitrogens is 2. The Bertz CT molecular complexity index is 651. The zero-order valence-corrected chi connectivity index (χ0v) is 10.9. The van der Waals surface area contributed by atoms with Gasteiger partial charge in [-0.25, -0.2) is 4.98 Å². The van der Waals surface area contributed by atoms with Gasteiger partial charge in [-0.05, 0) is 12.1 Å². The van der Waals surface area contributed by atoms with E-state index in [0.29, 0.717) is 11.4 Å². The second kappa shape index (κ2) is 5.43. The van der Waals surface area contributed by atoms with Crippen LogP contribution in [0.1, 0.15) is 10.5 Å². The third-order valence-corrected chi connectivity index (χ3v) is 2.69. The molecule has 2 aromatic rings. The van der Waals surface area contributed by atoms with Crippen LogP contribution in [-0.4, -0.2) is 33.1 Å². The summed E-state index contributed by atoms with van der Waals surface area (Å²) in [6.07, 6.45) is 3.00. The van der Waals surface area contributed by atoms with E-state index in [1.165, 1.54) is 12.5 Å². The number of nitrogens with two attached hydrogens (primary N) is 1. The highest BCUT2D eigenvalue weighted by atomic mass is 16.4. The molecule has 0 saturated carbocycles. The number of anilines is 2. The topological polar surface area (TPSA) is 101 Å². The third kappa shape index (κ3) is 2.77. The number of hydrogen-bond donors (Lipinski definition) is 2. The van der Waals surface area contributed by atoms with E-state index in [1.54, 1.807) is 35.9 Å². The third-order valence-electron chi connectivity index (χ3n) is 2.69. The maximum absolute atomic E-state index is 12.4. The van der Waals surface area contributed by atoms with Gasteiger partial charge in [0.2, 0.25) is 0 Å². The van der Waals surface area contributed by atoms with Gasteiger partial charge >= 0.3 is 5.97 Å². The Labute approximate surface area is 115 Å². The number of hydrogen-bond acceptors (Lipinski definition) is 4. The number of benzene rings is 1. The van der Waals surface area contributed by atoms with Crippen LogP contribution < -0.4 is 10.6 Å². The van der Waals surface area contributed by atoms with Gasteiger partial charge in [-0.2, -0.15) is 0 Å². The normalized spacial score (nSPS) is 10.2. The van der Waals surface area contributed by atoms with Crippen LogP contribution in [0.3, 0.4) is 0 Å². The molecule has 1 amide bonds. The summed E-state index contributed by atoms with van der Waals surface area (Å²) in [6, 6.07) is 6.60. The smallest absolute Gasteiger partial charge is 0.323 e. The first kappa shape index (κ1) is 13.6. The molecule has 1 aromatic heterocycles. The molecule has 2 rings (SSSR count). The van der Waals surface area contributed by atoms with Gasteiger partial charge in [0, 0.05) is 13.2 Å². The summed E-state index contributed by atoms with van der Waals surface area (Å²) >= 11 is 0. The Morgan fingerprint density at radius 1 is 1.40 bits per heavy atom. The average Bonchev–Trinajstić information content (AvgIpc) is 2.82. The molecule has 1 heterocycles. The molecular weight excluding hydrogens is 260 g/mol. The van der Waals surface area contributed by atoms with E-state index in [1.807, 2.05) is 0 Å². The predicted molar refractivity (Wildman–Crippen MR) is 73.4 cm³/mol. The molecule has 20 heavy (non-hydrogen) atoms. The Morgan fingerprint density at radius 2 is 2.10 bits per heavy atom. The minimum atomic E-state index is -1.13. The van der Waals surface area contributed by atoms with Gasteiger partial charge in [0.05, 0.1) is 17.7 Å². The lowest BCUT2D eigenvalue weighted by molar-refractivity contribution is -0.135. The van der Waals surface area contributed by atoms with Gasteiger partial charge in [0.1, 0.15) is 12.2 Å². The van der Waals surface area contributed by atoms with Crippen molar-refractivity contribution in [2.75, 3.05) is 17.2 Å². The average molecular weight is 274 g/mol. The highest BCUT2D eigenvalue weighted by Crippen LogP contribution is 2.23. The fourth-order valence-corrected chi connectivity index (χ4v) is 1.80. The lowest BCUT2D eigenvalue weighted by Crippen LogP contribution is -2.36. The number of carbonyl (C=O) groups excluding carboxylic acids is 1. The van der Waals surface area contributed by atoms with E-state index in [-0.39, 0.29) is 5.69 Å². The van der Waals surface area contributed by atoms with Gasteiger partial charge in [0.15, 0.2) is 0 Å². The van der Waals surface area contributed by atoms with Crippen LogP contribution >= 0.6 is 0 Å². The van der Waals surface area contributed by atoms with Crippen molar-refractivity contribution in [3.63, 3.8) is 0 Å². The number of aliphatic carboxylic acids is 1. The number of imidazole rings is 1. The number of nitrogen functional groups attached to an aromatic ring is 1. The molecule has 0 aliphatic rings. The quantitative estimate of drug-likeness (QED) is 0.800. The summed E-state index contributed by atoms with van der Waals surface area (Å²) in [6.45, 7) is -0.483. The summed E-state index contributed by atoms with van der Waals surface area (Å²) in [5, 5.41) is 8.98. The summed E-state index contributed by atoms with van der Waals surface area (Å²) in [5.74, 6) is -1.64. The van der Waals surface area contributed by atoms with Crippen molar-refractivity contribution >= 4 is 23.3 Å². The Balaban J connectivity index is 2.40. The first-order valence-electron chi connectivity index (χ1n) is 5.85. The van der Waals surface area contributed by atoms with Crippen LogP contribution in [0.15, 0.2) is 36.8 Å². The van der Waals surface area contributed by atoms with Gasteiger partial charge in [-0.15, -0.1) is 0 Å². The molecule has 0 bridgehead atoms. The standard InChI is InChI=1S/C13H14N4O3/c1-16-6-10(15-8-16)13(20)17(7-12(18)19)11-5-3-2-4-9(11)14/h2-6,8H,7,14H2,1H3,(H,18,19). The zero-order valence-electron chi connectivity index (χ0n) is 10.9. The molecule has 0 atom stereocenters. The number of amides is 1. The van der Waals surface area contributed by atoms with E-state index in [9.17, 15) is 9.59 Å². The highest BCUT2D eigenvalue weighted by molar-refractivity contribution is 6.08. The fourth-order valence-electron chi connectivity index (χ4n) is 1.80. The van der Waals surface area contributed by atoms with Crippen LogP contribution in [0.25, 0.3) is 0 Å². The summed E-state index contributed by atoms with van der Waals surface area (Å²) in [4.78, 5) is 28.4. The summed E-state index contributed by atoms with van der Waals surface area (Å²) in [7, 11) is 1.72. The van der Waals surface area contributed by atoms with Crippen LogP contribution in [0, 0.1) is 0 Å². The molecule has 3 N–H and O–H groups in total. The van der Waals surface area contributed by atoms with Crippen molar-refractivity contribution < 1.29 is 14.7 Å². The number of carboxylic acid groups (broad SMARTS) is 1. The zero-order chi connectivity index (χ0) is 14.7. The molecule has 7 nitrogen and oxygen atoms in total. The Hall–Kier alpha value is -2.83. The second-order valence-corrected chi connectivity index (χ2v) is 4.27. The number of nitrogens with zero attached hydrogens (tertiary/aromatic N) is 3. The molecular formula is C13H14N4O3. The fraction of sp³-hybridized carbons (Fsp3) is 0.154. The molecule has 104 valence electrons. The first-order valence-corrected chi connectivity index (χ1v) is 5.85.